The topological polar surface area (TPSA) is 86.5 Å². The van der Waals surface area contributed by atoms with E-state index in [2.05, 4.69) is 0 Å². The Hall–Kier alpha value is -2.73. The summed E-state index contributed by atoms with van der Waals surface area (Å²) in [5.41, 5.74) is 1.02. The number of benzene rings is 2. The molecule has 0 spiro atoms. The molecular weight excluding hydrogens is 346 g/mol. The van der Waals surface area contributed by atoms with E-state index in [0.717, 1.165) is 0 Å². The van der Waals surface area contributed by atoms with Crippen LogP contribution in [0.4, 0.5) is 5.69 Å². The Morgan fingerprint density at radius 2 is 1.72 bits per heavy atom. The van der Waals surface area contributed by atoms with Crippen molar-refractivity contribution < 1.29 is 19.2 Å². The molecule has 0 aromatic heterocycles. The molecule has 1 atom stereocenters. The maximum Gasteiger partial charge on any atom is 0.313 e. The highest BCUT2D eigenvalue weighted by Crippen LogP contribution is 2.26. The van der Waals surface area contributed by atoms with Crippen LogP contribution in [-0.4, -0.2) is 23.8 Å². The Morgan fingerprint density at radius 1 is 1.12 bits per heavy atom. The Bertz CT molecular complexity index is 771. The lowest BCUT2D eigenvalue weighted by atomic mass is 9.92. The summed E-state index contributed by atoms with van der Waals surface area (Å²) < 4.78 is 4.80. The lowest BCUT2D eigenvalue weighted by molar-refractivity contribution is -0.384. The first-order chi connectivity index (χ1) is 11.9. The van der Waals surface area contributed by atoms with Gasteiger partial charge in [-0.2, -0.15) is 0 Å². The molecule has 0 heterocycles. The first kappa shape index (κ1) is 18.6. The van der Waals surface area contributed by atoms with Gasteiger partial charge >= 0.3 is 5.97 Å². The smallest absolute Gasteiger partial charge is 0.313 e. The van der Waals surface area contributed by atoms with Crippen LogP contribution in [0.1, 0.15) is 34.7 Å². The Balaban J connectivity index is 2.12. The molecule has 0 N–H and O–H groups in total. The first-order valence-corrected chi connectivity index (χ1v) is 7.91. The van der Waals surface area contributed by atoms with Crippen molar-refractivity contribution >= 4 is 29.0 Å². The number of ether oxygens (including phenoxy) is 1. The van der Waals surface area contributed by atoms with Crippen LogP contribution >= 0.6 is 11.6 Å². The van der Waals surface area contributed by atoms with Crippen LogP contribution < -0.4 is 0 Å². The van der Waals surface area contributed by atoms with E-state index in [0.29, 0.717) is 16.1 Å². The fourth-order valence-corrected chi connectivity index (χ4v) is 2.57. The zero-order valence-electron chi connectivity index (χ0n) is 13.5. The number of nitro groups is 1. The van der Waals surface area contributed by atoms with Gasteiger partial charge in [0, 0.05) is 29.1 Å². The molecule has 0 saturated carbocycles. The molecule has 0 amide bonds. The van der Waals surface area contributed by atoms with Gasteiger partial charge in [-0.25, -0.2) is 0 Å². The molecule has 0 saturated heterocycles. The van der Waals surface area contributed by atoms with Gasteiger partial charge in [0.05, 0.1) is 18.0 Å². The summed E-state index contributed by atoms with van der Waals surface area (Å²) in [5, 5.41) is 11.3. The number of hydrogen-bond donors (Lipinski definition) is 0. The number of methoxy groups -OCH3 is 1. The van der Waals surface area contributed by atoms with E-state index in [-0.39, 0.29) is 24.3 Å². The Kier molecular flexibility index (Phi) is 6.25. The molecule has 0 aliphatic carbocycles. The number of carbonyl (C=O) groups excluding carboxylic acids is 2. The highest BCUT2D eigenvalue weighted by atomic mass is 35.5. The summed E-state index contributed by atoms with van der Waals surface area (Å²) in [5.74, 6) is -1.27. The van der Waals surface area contributed by atoms with E-state index in [1.807, 2.05) is 0 Å². The molecule has 2 aromatic carbocycles. The van der Waals surface area contributed by atoms with Gasteiger partial charge in [0.1, 0.15) is 0 Å². The average molecular weight is 362 g/mol. The number of Topliss-reactive ketones (excluding diaryl/α,β-unsaturated/α-hetero) is 1. The lowest BCUT2D eigenvalue weighted by Crippen LogP contribution is -2.16. The van der Waals surface area contributed by atoms with Gasteiger partial charge in [0.15, 0.2) is 5.78 Å². The number of halogens is 1. The second-order valence-corrected chi connectivity index (χ2v) is 5.83. The van der Waals surface area contributed by atoms with E-state index in [1.165, 1.54) is 31.4 Å². The predicted octanol–water partition coefficient (Wildman–Crippen LogP) is 4.17. The fraction of sp³-hybridized carbons (Fsp3) is 0.222. The standard InChI is InChI=1S/C18H16ClNO5/c1-25-18(22)16(12-4-8-15(9-5-12)20(23)24)10-11-17(21)13-2-6-14(19)7-3-13/h2-9,16H,10-11H2,1H3. The highest BCUT2D eigenvalue weighted by Gasteiger charge is 2.23. The van der Waals surface area contributed by atoms with E-state index in [9.17, 15) is 19.7 Å². The molecule has 6 nitrogen and oxygen atoms in total. The molecular formula is C18H16ClNO5. The molecule has 0 aliphatic heterocycles. The van der Waals surface area contributed by atoms with Crippen LogP contribution in [0.3, 0.4) is 0 Å². The van der Waals surface area contributed by atoms with Gasteiger partial charge in [-0.15, -0.1) is 0 Å². The third-order valence-corrected chi connectivity index (χ3v) is 4.07. The van der Waals surface area contributed by atoms with Crippen molar-refractivity contribution in [3.05, 3.63) is 74.8 Å². The van der Waals surface area contributed by atoms with Crippen molar-refractivity contribution in [3.8, 4) is 0 Å². The monoisotopic (exact) mass is 361 g/mol. The van der Waals surface area contributed by atoms with E-state index in [1.54, 1.807) is 24.3 Å². The number of hydrogen-bond acceptors (Lipinski definition) is 5. The van der Waals surface area contributed by atoms with E-state index in [4.69, 9.17) is 16.3 Å². The number of esters is 1. The quantitative estimate of drug-likeness (QED) is 0.320. The second kappa shape index (κ2) is 8.39. The maximum absolute atomic E-state index is 12.3. The molecule has 130 valence electrons. The van der Waals surface area contributed by atoms with Crippen molar-refractivity contribution in [2.45, 2.75) is 18.8 Å². The van der Waals surface area contributed by atoms with E-state index >= 15 is 0 Å². The fourth-order valence-electron chi connectivity index (χ4n) is 2.45. The lowest BCUT2D eigenvalue weighted by Gasteiger charge is -2.14. The summed E-state index contributed by atoms with van der Waals surface area (Å²) in [4.78, 5) is 34.5. The van der Waals surface area contributed by atoms with E-state index < -0.39 is 16.8 Å². The molecule has 7 heteroatoms. The van der Waals surface area contributed by atoms with Gasteiger partial charge < -0.3 is 4.74 Å². The predicted molar refractivity (Wildman–Crippen MR) is 92.9 cm³/mol. The third-order valence-electron chi connectivity index (χ3n) is 3.82. The van der Waals surface area contributed by atoms with Crippen LogP contribution in [0.25, 0.3) is 0 Å². The van der Waals surface area contributed by atoms with Crippen LogP contribution in [0.2, 0.25) is 5.02 Å². The minimum atomic E-state index is -0.665. The molecule has 2 rings (SSSR count). The molecule has 0 fully saturated rings. The van der Waals surface area contributed by atoms with Crippen molar-refractivity contribution in [3.63, 3.8) is 0 Å². The largest absolute Gasteiger partial charge is 0.469 e. The summed E-state index contributed by atoms with van der Waals surface area (Å²) in [6, 6.07) is 12.2. The van der Waals surface area contributed by atoms with Crippen LogP contribution in [0.5, 0.6) is 0 Å². The normalized spacial score (nSPS) is 11.6. The zero-order valence-corrected chi connectivity index (χ0v) is 14.2. The summed E-state index contributed by atoms with van der Waals surface area (Å²) >= 11 is 5.80. The minimum Gasteiger partial charge on any atom is -0.469 e. The van der Waals surface area contributed by atoms with Crippen molar-refractivity contribution in [1.82, 2.24) is 0 Å². The minimum absolute atomic E-state index is 0.0652. The molecule has 0 bridgehead atoms. The highest BCUT2D eigenvalue weighted by molar-refractivity contribution is 6.30. The molecule has 0 aliphatic rings. The number of rotatable bonds is 7. The van der Waals surface area contributed by atoms with Gasteiger partial charge in [-0.3, -0.25) is 19.7 Å². The third kappa shape index (κ3) is 4.87. The molecule has 1 unspecified atom stereocenters. The first-order valence-electron chi connectivity index (χ1n) is 7.53. The Morgan fingerprint density at radius 3 is 2.24 bits per heavy atom. The Labute approximate surface area is 149 Å². The summed E-state index contributed by atoms with van der Waals surface area (Å²) in [6.45, 7) is 0. The number of nitro benzene ring substituents is 1. The van der Waals surface area contributed by atoms with Gasteiger partial charge in [-0.1, -0.05) is 23.7 Å². The summed E-state index contributed by atoms with van der Waals surface area (Å²) in [6.07, 6.45) is 0.379. The summed E-state index contributed by atoms with van der Waals surface area (Å²) in [7, 11) is 1.27. The van der Waals surface area contributed by atoms with Gasteiger partial charge in [0.2, 0.25) is 0 Å². The van der Waals surface area contributed by atoms with Gasteiger partial charge in [-0.05, 0) is 36.2 Å². The SMILES string of the molecule is COC(=O)C(CCC(=O)c1ccc(Cl)cc1)c1ccc([N+](=O)[O-])cc1. The number of non-ortho nitro benzene ring substituents is 1. The zero-order chi connectivity index (χ0) is 18.4. The van der Waals surface area contributed by atoms with Crippen molar-refractivity contribution in [1.29, 1.82) is 0 Å². The second-order valence-electron chi connectivity index (χ2n) is 5.39. The van der Waals surface area contributed by atoms with Crippen molar-refractivity contribution in [2.24, 2.45) is 0 Å². The number of carbonyl (C=O) groups is 2. The molecule has 25 heavy (non-hydrogen) atoms. The number of ketones is 1. The number of nitrogens with zero attached hydrogens (tertiary/aromatic N) is 1. The molecule has 2 aromatic rings. The van der Waals surface area contributed by atoms with Crippen LogP contribution in [0, 0.1) is 10.1 Å². The van der Waals surface area contributed by atoms with Crippen LogP contribution in [0.15, 0.2) is 48.5 Å². The molecule has 0 radical (unpaired) electrons. The maximum atomic E-state index is 12.3. The van der Waals surface area contributed by atoms with Crippen LogP contribution in [-0.2, 0) is 9.53 Å². The van der Waals surface area contributed by atoms with Crippen molar-refractivity contribution in [2.75, 3.05) is 7.11 Å². The average Bonchev–Trinajstić information content (AvgIpc) is 2.62. The van der Waals surface area contributed by atoms with Gasteiger partial charge in [0.25, 0.3) is 5.69 Å².